The van der Waals surface area contributed by atoms with Crippen molar-refractivity contribution in [3.05, 3.63) is 0 Å². The highest BCUT2D eigenvalue weighted by Gasteiger charge is 2.28. The van der Waals surface area contributed by atoms with E-state index < -0.39 is 0 Å². The molecule has 2 aliphatic rings. The third-order valence-electron chi connectivity index (χ3n) is 4.35. The van der Waals surface area contributed by atoms with Gasteiger partial charge in [-0.15, -0.1) is 0 Å². The Balaban J connectivity index is 1.85. The second-order valence-corrected chi connectivity index (χ2v) is 5.65. The van der Waals surface area contributed by atoms with Gasteiger partial charge in [0.25, 0.3) is 0 Å². The van der Waals surface area contributed by atoms with Crippen molar-refractivity contribution in [2.75, 3.05) is 32.8 Å². The molecule has 3 heteroatoms. The molecule has 100 valence electrons. The van der Waals surface area contributed by atoms with Gasteiger partial charge in [0, 0.05) is 25.2 Å². The van der Waals surface area contributed by atoms with Crippen LogP contribution in [0.1, 0.15) is 39.5 Å². The molecule has 2 saturated heterocycles. The van der Waals surface area contributed by atoms with Crippen LogP contribution in [0.5, 0.6) is 0 Å². The number of ether oxygens (including phenoxy) is 1. The van der Waals surface area contributed by atoms with Gasteiger partial charge in [-0.1, -0.05) is 6.92 Å². The lowest BCUT2D eigenvalue weighted by atomic mass is 9.98. The molecule has 0 radical (unpaired) electrons. The number of hydrogen-bond acceptors (Lipinski definition) is 3. The third-order valence-corrected chi connectivity index (χ3v) is 4.35. The molecule has 0 aromatic heterocycles. The van der Waals surface area contributed by atoms with Crippen molar-refractivity contribution in [3.63, 3.8) is 0 Å². The lowest BCUT2D eigenvalue weighted by Gasteiger charge is -2.34. The molecule has 0 amide bonds. The van der Waals surface area contributed by atoms with Crippen LogP contribution in [0.4, 0.5) is 0 Å². The molecule has 0 saturated carbocycles. The summed E-state index contributed by atoms with van der Waals surface area (Å²) in [6.07, 6.45) is 5.21. The molecule has 2 heterocycles. The van der Waals surface area contributed by atoms with Crippen LogP contribution in [0, 0.1) is 5.92 Å². The highest BCUT2D eigenvalue weighted by molar-refractivity contribution is 4.84. The summed E-state index contributed by atoms with van der Waals surface area (Å²) < 4.78 is 5.53. The normalized spacial score (nSPS) is 31.2. The van der Waals surface area contributed by atoms with Crippen molar-refractivity contribution in [1.82, 2.24) is 10.2 Å². The quantitative estimate of drug-likeness (QED) is 0.767. The van der Waals surface area contributed by atoms with Gasteiger partial charge < -0.3 is 10.1 Å². The standard InChI is InChI=1S/C14H28N2O/c1-3-8-16(10-14-5-4-7-15-14)12(2)13-6-9-17-11-13/h12-15H,3-11H2,1-2H3. The van der Waals surface area contributed by atoms with Crippen molar-refractivity contribution in [3.8, 4) is 0 Å². The zero-order valence-corrected chi connectivity index (χ0v) is 11.5. The third kappa shape index (κ3) is 3.67. The molecule has 3 atom stereocenters. The van der Waals surface area contributed by atoms with Crippen LogP contribution >= 0.6 is 0 Å². The Morgan fingerprint density at radius 2 is 2.29 bits per heavy atom. The highest BCUT2D eigenvalue weighted by Crippen LogP contribution is 2.22. The molecular formula is C14H28N2O. The van der Waals surface area contributed by atoms with E-state index >= 15 is 0 Å². The molecule has 3 nitrogen and oxygen atoms in total. The summed E-state index contributed by atoms with van der Waals surface area (Å²) in [5.41, 5.74) is 0. The fourth-order valence-electron chi connectivity index (χ4n) is 3.18. The van der Waals surface area contributed by atoms with Crippen molar-refractivity contribution in [2.45, 2.75) is 51.6 Å². The predicted molar refractivity (Wildman–Crippen MR) is 71.3 cm³/mol. The first kappa shape index (κ1) is 13.3. The average molecular weight is 240 g/mol. The van der Waals surface area contributed by atoms with E-state index in [0.717, 1.165) is 25.2 Å². The molecule has 3 unspecified atom stereocenters. The summed E-state index contributed by atoms with van der Waals surface area (Å²) in [6.45, 7) is 10.3. The van der Waals surface area contributed by atoms with E-state index in [-0.39, 0.29) is 0 Å². The van der Waals surface area contributed by atoms with E-state index in [9.17, 15) is 0 Å². The minimum Gasteiger partial charge on any atom is -0.381 e. The van der Waals surface area contributed by atoms with E-state index in [1.165, 1.54) is 45.3 Å². The molecule has 0 aliphatic carbocycles. The maximum Gasteiger partial charge on any atom is 0.0509 e. The van der Waals surface area contributed by atoms with Gasteiger partial charge in [0.05, 0.1) is 6.61 Å². The SMILES string of the molecule is CCCN(CC1CCCN1)C(C)C1CCOC1. The van der Waals surface area contributed by atoms with E-state index in [4.69, 9.17) is 4.74 Å². The average Bonchev–Trinajstić information content (AvgIpc) is 3.00. The summed E-state index contributed by atoms with van der Waals surface area (Å²) in [4.78, 5) is 2.68. The van der Waals surface area contributed by atoms with Crippen molar-refractivity contribution >= 4 is 0 Å². The van der Waals surface area contributed by atoms with E-state index in [1.54, 1.807) is 0 Å². The second kappa shape index (κ2) is 6.72. The first-order chi connectivity index (χ1) is 8.31. The molecule has 2 rings (SSSR count). The van der Waals surface area contributed by atoms with Gasteiger partial charge in [-0.3, -0.25) is 4.90 Å². The van der Waals surface area contributed by atoms with Gasteiger partial charge in [0.1, 0.15) is 0 Å². The van der Waals surface area contributed by atoms with Crippen LogP contribution < -0.4 is 5.32 Å². The van der Waals surface area contributed by atoms with Crippen molar-refractivity contribution < 1.29 is 4.74 Å². The van der Waals surface area contributed by atoms with E-state index in [1.807, 2.05) is 0 Å². The molecule has 0 spiro atoms. The highest BCUT2D eigenvalue weighted by atomic mass is 16.5. The monoisotopic (exact) mass is 240 g/mol. The maximum absolute atomic E-state index is 5.53. The minimum atomic E-state index is 0.680. The number of nitrogens with zero attached hydrogens (tertiary/aromatic N) is 1. The van der Waals surface area contributed by atoms with Gasteiger partial charge in [0.2, 0.25) is 0 Å². The van der Waals surface area contributed by atoms with Gasteiger partial charge in [-0.05, 0) is 51.6 Å². The summed E-state index contributed by atoms with van der Waals surface area (Å²) in [6, 6.07) is 1.41. The summed E-state index contributed by atoms with van der Waals surface area (Å²) in [5, 5.41) is 3.62. The van der Waals surface area contributed by atoms with Crippen LogP contribution in [-0.4, -0.2) is 49.8 Å². The number of rotatable bonds is 6. The van der Waals surface area contributed by atoms with Crippen molar-refractivity contribution in [2.24, 2.45) is 5.92 Å². The van der Waals surface area contributed by atoms with Gasteiger partial charge in [-0.2, -0.15) is 0 Å². The Hall–Kier alpha value is -0.120. The first-order valence-electron chi connectivity index (χ1n) is 7.36. The van der Waals surface area contributed by atoms with Crippen LogP contribution in [0.25, 0.3) is 0 Å². The van der Waals surface area contributed by atoms with Gasteiger partial charge in [-0.25, -0.2) is 0 Å². The van der Waals surface area contributed by atoms with Crippen LogP contribution in [-0.2, 0) is 4.74 Å². The Bertz CT molecular complexity index is 210. The second-order valence-electron chi connectivity index (χ2n) is 5.65. The molecule has 2 fully saturated rings. The maximum atomic E-state index is 5.53. The van der Waals surface area contributed by atoms with Crippen LogP contribution in [0.3, 0.4) is 0 Å². The molecule has 0 aromatic carbocycles. The predicted octanol–water partition coefficient (Wildman–Crippen LogP) is 1.88. The molecule has 0 aromatic rings. The zero-order valence-electron chi connectivity index (χ0n) is 11.5. The summed E-state index contributed by atoms with van der Waals surface area (Å²) in [7, 11) is 0. The lowest BCUT2D eigenvalue weighted by Crippen LogP contribution is -2.45. The fourth-order valence-corrected chi connectivity index (χ4v) is 3.18. The molecular weight excluding hydrogens is 212 g/mol. The number of hydrogen-bond donors (Lipinski definition) is 1. The van der Waals surface area contributed by atoms with Crippen LogP contribution in [0.15, 0.2) is 0 Å². The fraction of sp³-hybridized carbons (Fsp3) is 1.00. The topological polar surface area (TPSA) is 24.5 Å². The molecule has 0 bridgehead atoms. The zero-order chi connectivity index (χ0) is 12.1. The van der Waals surface area contributed by atoms with E-state index in [2.05, 4.69) is 24.1 Å². The minimum absolute atomic E-state index is 0.680. The van der Waals surface area contributed by atoms with Gasteiger partial charge in [0.15, 0.2) is 0 Å². The van der Waals surface area contributed by atoms with Crippen LogP contribution in [0.2, 0.25) is 0 Å². The van der Waals surface area contributed by atoms with Crippen molar-refractivity contribution in [1.29, 1.82) is 0 Å². The van der Waals surface area contributed by atoms with Gasteiger partial charge >= 0.3 is 0 Å². The molecule has 1 N–H and O–H groups in total. The smallest absolute Gasteiger partial charge is 0.0509 e. The Morgan fingerprint density at radius 3 is 2.88 bits per heavy atom. The summed E-state index contributed by atoms with van der Waals surface area (Å²) >= 11 is 0. The number of nitrogens with one attached hydrogen (secondary N) is 1. The molecule has 17 heavy (non-hydrogen) atoms. The molecule has 2 aliphatic heterocycles. The largest absolute Gasteiger partial charge is 0.381 e. The first-order valence-corrected chi connectivity index (χ1v) is 7.36. The van der Waals surface area contributed by atoms with E-state index in [0.29, 0.717) is 6.04 Å². The lowest BCUT2D eigenvalue weighted by molar-refractivity contribution is 0.120. The Kier molecular flexibility index (Phi) is 5.26. The Labute approximate surface area is 106 Å². The Morgan fingerprint density at radius 1 is 1.41 bits per heavy atom. The summed E-state index contributed by atoms with van der Waals surface area (Å²) in [5.74, 6) is 0.753.